The third-order valence-corrected chi connectivity index (χ3v) is 2.64. The zero-order valence-electron chi connectivity index (χ0n) is 10.4. The first-order valence-corrected chi connectivity index (χ1v) is 5.80. The number of carbonyl (C=O) groups is 1. The number of amides is 1. The van der Waals surface area contributed by atoms with Gasteiger partial charge in [0.15, 0.2) is 6.10 Å². The van der Waals surface area contributed by atoms with Gasteiger partial charge in [-0.1, -0.05) is 6.07 Å². The Morgan fingerprint density at radius 2 is 1.80 bits per heavy atom. The fourth-order valence-corrected chi connectivity index (χ4v) is 1.48. The van der Waals surface area contributed by atoms with Gasteiger partial charge in [-0.25, -0.2) is 0 Å². The second-order valence-corrected chi connectivity index (χ2v) is 4.22. The van der Waals surface area contributed by atoms with Crippen LogP contribution in [0.4, 0.5) is 5.69 Å². The number of aliphatic hydroxyl groups excluding tert-OH is 5. The van der Waals surface area contributed by atoms with Crippen LogP contribution in [0.5, 0.6) is 5.75 Å². The number of phenolic OH excluding ortho intramolecular Hbond substituents is 1. The Hall–Kier alpha value is -1.71. The summed E-state index contributed by atoms with van der Waals surface area (Å²) in [5.74, 6) is -1.14. The van der Waals surface area contributed by atoms with E-state index in [0.717, 1.165) is 0 Å². The lowest BCUT2D eigenvalue weighted by Crippen LogP contribution is -2.50. The van der Waals surface area contributed by atoms with E-state index in [1.165, 1.54) is 24.3 Å². The number of aromatic hydroxyl groups is 1. The van der Waals surface area contributed by atoms with Crippen molar-refractivity contribution in [3.63, 3.8) is 0 Å². The average Bonchev–Trinajstić information content (AvgIpc) is 2.43. The molecule has 0 radical (unpaired) electrons. The molecule has 1 rings (SSSR count). The molecule has 0 saturated carbocycles. The number of aliphatic hydroxyl groups is 5. The van der Waals surface area contributed by atoms with Crippen molar-refractivity contribution < 1.29 is 35.4 Å². The normalized spacial score (nSPS) is 17.1. The second kappa shape index (κ2) is 7.17. The van der Waals surface area contributed by atoms with E-state index in [9.17, 15) is 25.2 Å². The highest BCUT2D eigenvalue weighted by atomic mass is 16.4. The summed E-state index contributed by atoms with van der Waals surface area (Å²) in [5, 5.41) is 57.6. The van der Waals surface area contributed by atoms with Gasteiger partial charge in [0, 0.05) is 11.8 Å². The summed E-state index contributed by atoms with van der Waals surface area (Å²) in [6, 6.07) is 5.49. The highest BCUT2D eigenvalue weighted by molar-refractivity contribution is 5.94. The van der Waals surface area contributed by atoms with Gasteiger partial charge in [0.25, 0.3) is 5.91 Å². The van der Waals surface area contributed by atoms with E-state index in [-0.39, 0.29) is 11.4 Å². The zero-order valence-corrected chi connectivity index (χ0v) is 10.4. The van der Waals surface area contributed by atoms with Crippen LogP contribution in [0.1, 0.15) is 0 Å². The molecule has 1 aromatic carbocycles. The van der Waals surface area contributed by atoms with E-state index in [0.29, 0.717) is 0 Å². The molecule has 0 aliphatic carbocycles. The Kier molecular flexibility index (Phi) is 5.86. The first-order chi connectivity index (χ1) is 9.36. The number of carbonyl (C=O) groups excluding carboxylic acids is 1. The zero-order chi connectivity index (χ0) is 15.3. The van der Waals surface area contributed by atoms with E-state index in [1.807, 2.05) is 0 Å². The fourth-order valence-electron chi connectivity index (χ4n) is 1.48. The molecule has 1 aromatic rings. The van der Waals surface area contributed by atoms with E-state index in [2.05, 4.69) is 5.32 Å². The molecule has 0 aliphatic heterocycles. The van der Waals surface area contributed by atoms with E-state index < -0.39 is 36.9 Å². The van der Waals surface area contributed by atoms with Gasteiger partial charge >= 0.3 is 0 Å². The standard InChI is InChI=1S/C12H17NO7/c14-5-8(16)9(17)10(18)11(19)12(20)13-6-2-1-3-7(15)4-6/h1-4,8-11,14-19H,5H2,(H,13,20)/t8-,9-,10-,11-/m1/s1. The van der Waals surface area contributed by atoms with Crippen LogP contribution < -0.4 is 5.32 Å². The van der Waals surface area contributed by atoms with Crippen LogP contribution >= 0.6 is 0 Å². The Bertz CT molecular complexity index is 453. The summed E-state index contributed by atoms with van der Waals surface area (Å²) in [6.45, 7) is -0.834. The second-order valence-electron chi connectivity index (χ2n) is 4.22. The number of rotatable bonds is 6. The van der Waals surface area contributed by atoms with Crippen LogP contribution in [-0.4, -0.2) is 67.6 Å². The Morgan fingerprint density at radius 3 is 2.35 bits per heavy atom. The number of anilines is 1. The molecular weight excluding hydrogens is 270 g/mol. The minimum atomic E-state index is -2.02. The topological polar surface area (TPSA) is 150 Å². The molecule has 0 aromatic heterocycles. The third kappa shape index (κ3) is 4.15. The maximum absolute atomic E-state index is 11.6. The van der Waals surface area contributed by atoms with Crippen LogP contribution in [0.3, 0.4) is 0 Å². The Morgan fingerprint density at radius 1 is 1.15 bits per heavy atom. The number of hydrogen-bond donors (Lipinski definition) is 7. The van der Waals surface area contributed by atoms with Gasteiger partial charge in [-0.15, -0.1) is 0 Å². The summed E-state index contributed by atoms with van der Waals surface area (Å²) >= 11 is 0. The van der Waals surface area contributed by atoms with Crippen molar-refractivity contribution in [2.24, 2.45) is 0 Å². The maximum Gasteiger partial charge on any atom is 0.256 e. The van der Waals surface area contributed by atoms with Crippen LogP contribution in [-0.2, 0) is 4.79 Å². The van der Waals surface area contributed by atoms with Crippen molar-refractivity contribution in [1.82, 2.24) is 0 Å². The van der Waals surface area contributed by atoms with Gasteiger partial charge in [-0.3, -0.25) is 4.79 Å². The number of nitrogens with one attached hydrogen (secondary N) is 1. The lowest BCUT2D eigenvalue weighted by Gasteiger charge is -2.24. The quantitative estimate of drug-likeness (QED) is 0.313. The van der Waals surface area contributed by atoms with Crippen LogP contribution in [0, 0.1) is 0 Å². The van der Waals surface area contributed by atoms with Gasteiger partial charge in [-0.05, 0) is 12.1 Å². The Labute approximate surface area is 114 Å². The summed E-state index contributed by atoms with van der Waals surface area (Å²) in [7, 11) is 0. The highest BCUT2D eigenvalue weighted by Crippen LogP contribution is 2.16. The van der Waals surface area contributed by atoms with Crippen molar-refractivity contribution in [3.8, 4) is 5.75 Å². The largest absolute Gasteiger partial charge is 0.508 e. The molecule has 0 spiro atoms. The lowest BCUT2D eigenvalue weighted by molar-refractivity contribution is -0.144. The molecule has 1 amide bonds. The minimum Gasteiger partial charge on any atom is -0.508 e. The molecule has 0 saturated heterocycles. The maximum atomic E-state index is 11.6. The molecule has 8 nitrogen and oxygen atoms in total. The molecule has 4 atom stereocenters. The molecule has 7 N–H and O–H groups in total. The van der Waals surface area contributed by atoms with Crippen molar-refractivity contribution in [3.05, 3.63) is 24.3 Å². The predicted octanol–water partition coefficient (Wildman–Crippen LogP) is -2.23. The first kappa shape index (κ1) is 16.3. The van der Waals surface area contributed by atoms with Gasteiger partial charge < -0.3 is 36.0 Å². The van der Waals surface area contributed by atoms with Gasteiger partial charge in [0.05, 0.1) is 6.61 Å². The summed E-state index contributed by atoms with van der Waals surface area (Å²) in [5.41, 5.74) is 0.179. The number of hydrogen-bond acceptors (Lipinski definition) is 7. The number of benzene rings is 1. The highest BCUT2D eigenvalue weighted by Gasteiger charge is 2.34. The van der Waals surface area contributed by atoms with Crippen molar-refractivity contribution in [2.45, 2.75) is 24.4 Å². The van der Waals surface area contributed by atoms with Crippen LogP contribution in [0.2, 0.25) is 0 Å². The molecule has 112 valence electrons. The molecule has 0 unspecified atom stereocenters. The van der Waals surface area contributed by atoms with E-state index in [4.69, 9.17) is 10.2 Å². The van der Waals surface area contributed by atoms with E-state index >= 15 is 0 Å². The van der Waals surface area contributed by atoms with Gasteiger partial charge in [0.2, 0.25) is 0 Å². The van der Waals surface area contributed by atoms with Gasteiger partial charge in [-0.2, -0.15) is 0 Å². The summed E-state index contributed by atoms with van der Waals surface area (Å²) < 4.78 is 0. The van der Waals surface area contributed by atoms with Crippen molar-refractivity contribution >= 4 is 11.6 Å². The minimum absolute atomic E-state index is 0.103. The lowest BCUT2D eigenvalue weighted by atomic mass is 10.0. The summed E-state index contributed by atoms with van der Waals surface area (Å²) in [4.78, 5) is 11.6. The van der Waals surface area contributed by atoms with Crippen LogP contribution in [0.25, 0.3) is 0 Å². The third-order valence-electron chi connectivity index (χ3n) is 2.64. The van der Waals surface area contributed by atoms with Crippen molar-refractivity contribution in [1.29, 1.82) is 0 Å². The monoisotopic (exact) mass is 287 g/mol. The predicted molar refractivity (Wildman–Crippen MR) is 67.8 cm³/mol. The average molecular weight is 287 g/mol. The SMILES string of the molecule is O=C(Nc1cccc(O)c1)[C@H](O)[C@H](O)[C@H](O)[C@H](O)CO. The van der Waals surface area contributed by atoms with E-state index in [1.54, 1.807) is 0 Å². The smallest absolute Gasteiger partial charge is 0.256 e. The van der Waals surface area contributed by atoms with Crippen molar-refractivity contribution in [2.75, 3.05) is 11.9 Å². The van der Waals surface area contributed by atoms with Gasteiger partial charge in [0.1, 0.15) is 24.1 Å². The fraction of sp³-hybridized carbons (Fsp3) is 0.417. The first-order valence-electron chi connectivity index (χ1n) is 5.80. The molecule has 8 heteroatoms. The molecule has 0 bridgehead atoms. The molecule has 0 aliphatic rings. The number of phenols is 1. The molecular formula is C12H17NO7. The molecule has 20 heavy (non-hydrogen) atoms. The molecule has 0 heterocycles. The molecule has 0 fully saturated rings. The van der Waals surface area contributed by atoms with Crippen LogP contribution in [0.15, 0.2) is 24.3 Å². The summed E-state index contributed by atoms with van der Waals surface area (Å²) in [6.07, 6.45) is -7.57. The Balaban J connectivity index is 2.67.